The predicted octanol–water partition coefficient (Wildman–Crippen LogP) is 2.42. The van der Waals surface area contributed by atoms with E-state index >= 15 is 0 Å². The maximum Gasteiger partial charge on any atom is 0.121 e. The predicted molar refractivity (Wildman–Crippen MR) is 72.8 cm³/mol. The fraction of sp³-hybridized carbons (Fsp3) is 0.357. The van der Waals surface area contributed by atoms with Crippen LogP contribution in [-0.2, 0) is 6.54 Å². The van der Waals surface area contributed by atoms with Gasteiger partial charge in [0.2, 0.25) is 0 Å². The molecule has 4 nitrogen and oxygen atoms in total. The number of aryl methyl sites for hydroxylation is 2. The van der Waals surface area contributed by atoms with Gasteiger partial charge in [-0.2, -0.15) is 5.10 Å². The molecule has 0 spiro atoms. The molecule has 2 aromatic rings. The van der Waals surface area contributed by atoms with Gasteiger partial charge in [-0.3, -0.25) is 5.10 Å². The van der Waals surface area contributed by atoms with Crippen molar-refractivity contribution in [3.63, 3.8) is 0 Å². The van der Waals surface area contributed by atoms with E-state index in [0.717, 1.165) is 29.2 Å². The third-order valence-electron chi connectivity index (χ3n) is 3.05. The first-order chi connectivity index (χ1) is 8.67. The van der Waals surface area contributed by atoms with Crippen molar-refractivity contribution in [2.75, 3.05) is 14.2 Å². The van der Waals surface area contributed by atoms with Gasteiger partial charge in [0.25, 0.3) is 0 Å². The quantitative estimate of drug-likeness (QED) is 0.869. The highest BCUT2D eigenvalue weighted by Gasteiger charge is 2.12. The van der Waals surface area contributed by atoms with Crippen molar-refractivity contribution in [3.8, 4) is 16.9 Å². The Bertz CT molecular complexity index is 546. The lowest BCUT2D eigenvalue weighted by molar-refractivity contribution is 0.412. The number of methoxy groups -OCH3 is 1. The highest BCUT2D eigenvalue weighted by Crippen LogP contribution is 2.29. The summed E-state index contributed by atoms with van der Waals surface area (Å²) < 4.78 is 5.29. The van der Waals surface area contributed by atoms with Crippen LogP contribution in [0, 0.1) is 13.8 Å². The van der Waals surface area contributed by atoms with E-state index < -0.39 is 0 Å². The number of aromatic amines is 1. The van der Waals surface area contributed by atoms with Crippen LogP contribution in [-0.4, -0.2) is 24.4 Å². The lowest BCUT2D eigenvalue weighted by atomic mass is 10.0. The SMILES string of the molecule is CNCc1n[nH]c(C)c1-c1ccc(OC)c(C)c1. The smallest absolute Gasteiger partial charge is 0.121 e. The number of nitrogens with one attached hydrogen (secondary N) is 2. The number of nitrogens with zero attached hydrogens (tertiary/aromatic N) is 1. The largest absolute Gasteiger partial charge is 0.496 e. The molecule has 1 aromatic carbocycles. The summed E-state index contributed by atoms with van der Waals surface area (Å²) in [6.45, 7) is 4.85. The summed E-state index contributed by atoms with van der Waals surface area (Å²) in [4.78, 5) is 0. The summed E-state index contributed by atoms with van der Waals surface area (Å²) in [5.41, 5.74) is 5.61. The van der Waals surface area contributed by atoms with E-state index in [1.54, 1.807) is 7.11 Å². The molecule has 4 heteroatoms. The molecule has 0 bridgehead atoms. The van der Waals surface area contributed by atoms with E-state index in [4.69, 9.17) is 4.74 Å². The van der Waals surface area contributed by atoms with Gasteiger partial charge in [0.1, 0.15) is 5.75 Å². The topological polar surface area (TPSA) is 49.9 Å². The molecule has 0 aliphatic rings. The van der Waals surface area contributed by atoms with Gasteiger partial charge >= 0.3 is 0 Å². The van der Waals surface area contributed by atoms with Crippen LogP contribution in [0.1, 0.15) is 17.0 Å². The van der Waals surface area contributed by atoms with Crippen molar-refractivity contribution < 1.29 is 4.74 Å². The van der Waals surface area contributed by atoms with Crippen molar-refractivity contribution in [1.82, 2.24) is 15.5 Å². The van der Waals surface area contributed by atoms with Crippen molar-refractivity contribution >= 4 is 0 Å². The van der Waals surface area contributed by atoms with E-state index in [0.29, 0.717) is 0 Å². The van der Waals surface area contributed by atoms with Gasteiger partial charge in [-0.05, 0) is 44.2 Å². The van der Waals surface area contributed by atoms with Gasteiger partial charge in [0.15, 0.2) is 0 Å². The first-order valence-electron chi connectivity index (χ1n) is 6.00. The summed E-state index contributed by atoms with van der Waals surface area (Å²) in [7, 11) is 3.62. The van der Waals surface area contributed by atoms with Gasteiger partial charge in [-0.15, -0.1) is 0 Å². The van der Waals surface area contributed by atoms with Crippen LogP contribution < -0.4 is 10.1 Å². The second kappa shape index (κ2) is 5.23. The molecule has 0 fully saturated rings. The molecule has 1 aromatic heterocycles. The number of H-pyrrole nitrogens is 1. The molecule has 18 heavy (non-hydrogen) atoms. The summed E-state index contributed by atoms with van der Waals surface area (Å²) >= 11 is 0. The molecule has 0 aliphatic heterocycles. The van der Waals surface area contributed by atoms with Crippen molar-refractivity contribution in [2.24, 2.45) is 0 Å². The summed E-state index contributed by atoms with van der Waals surface area (Å²) in [5, 5.41) is 10.5. The molecule has 0 amide bonds. The highest BCUT2D eigenvalue weighted by molar-refractivity contribution is 5.70. The van der Waals surface area contributed by atoms with Crippen molar-refractivity contribution in [3.05, 3.63) is 35.2 Å². The van der Waals surface area contributed by atoms with Crippen LogP contribution in [0.2, 0.25) is 0 Å². The number of aromatic nitrogens is 2. The Morgan fingerprint density at radius 2 is 2.11 bits per heavy atom. The fourth-order valence-electron chi connectivity index (χ4n) is 2.19. The molecule has 0 unspecified atom stereocenters. The minimum absolute atomic E-state index is 0.755. The van der Waals surface area contributed by atoms with Gasteiger partial charge in [-0.1, -0.05) is 6.07 Å². The van der Waals surface area contributed by atoms with Crippen LogP contribution in [0.4, 0.5) is 0 Å². The summed E-state index contributed by atoms with van der Waals surface area (Å²) in [6, 6.07) is 6.21. The van der Waals surface area contributed by atoms with Crippen LogP contribution in [0.25, 0.3) is 11.1 Å². The molecular formula is C14H19N3O. The molecule has 96 valence electrons. The average molecular weight is 245 g/mol. The zero-order chi connectivity index (χ0) is 13.1. The van der Waals surface area contributed by atoms with Crippen LogP contribution in [0.5, 0.6) is 5.75 Å². The molecule has 0 atom stereocenters. The minimum Gasteiger partial charge on any atom is -0.496 e. The number of rotatable bonds is 4. The van der Waals surface area contributed by atoms with E-state index in [9.17, 15) is 0 Å². The lowest BCUT2D eigenvalue weighted by Gasteiger charge is -2.08. The third-order valence-corrected chi connectivity index (χ3v) is 3.05. The Morgan fingerprint density at radius 1 is 1.33 bits per heavy atom. The van der Waals surface area contributed by atoms with Gasteiger partial charge < -0.3 is 10.1 Å². The Labute approximate surface area is 107 Å². The zero-order valence-corrected chi connectivity index (χ0v) is 11.3. The Morgan fingerprint density at radius 3 is 2.72 bits per heavy atom. The Hall–Kier alpha value is -1.81. The van der Waals surface area contributed by atoms with Crippen LogP contribution in [0.3, 0.4) is 0 Å². The second-order valence-corrected chi connectivity index (χ2v) is 4.39. The van der Waals surface area contributed by atoms with Gasteiger partial charge in [0, 0.05) is 17.8 Å². The first-order valence-corrected chi connectivity index (χ1v) is 6.00. The van der Waals surface area contributed by atoms with Crippen LogP contribution >= 0.6 is 0 Å². The molecule has 2 N–H and O–H groups in total. The maximum absolute atomic E-state index is 5.29. The van der Waals surface area contributed by atoms with Crippen molar-refractivity contribution in [2.45, 2.75) is 20.4 Å². The zero-order valence-electron chi connectivity index (χ0n) is 11.3. The van der Waals surface area contributed by atoms with E-state index in [1.807, 2.05) is 20.0 Å². The lowest BCUT2D eigenvalue weighted by Crippen LogP contribution is -2.06. The molecular weight excluding hydrogens is 226 g/mol. The second-order valence-electron chi connectivity index (χ2n) is 4.39. The van der Waals surface area contributed by atoms with Crippen molar-refractivity contribution in [1.29, 1.82) is 0 Å². The van der Waals surface area contributed by atoms with E-state index in [1.165, 1.54) is 11.1 Å². The third kappa shape index (κ3) is 2.24. The minimum atomic E-state index is 0.755. The molecule has 0 saturated carbocycles. The van der Waals surface area contributed by atoms with E-state index in [-0.39, 0.29) is 0 Å². The van der Waals surface area contributed by atoms with E-state index in [2.05, 4.69) is 34.6 Å². The number of ether oxygens (including phenoxy) is 1. The van der Waals surface area contributed by atoms with Gasteiger partial charge in [-0.25, -0.2) is 0 Å². The standard InChI is InChI=1S/C14H19N3O/c1-9-7-11(5-6-13(9)18-4)14-10(2)16-17-12(14)8-15-3/h5-7,15H,8H2,1-4H3,(H,16,17). The van der Waals surface area contributed by atoms with Crippen LogP contribution in [0.15, 0.2) is 18.2 Å². The summed E-state index contributed by atoms with van der Waals surface area (Å²) in [6.07, 6.45) is 0. The average Bonchev–Trinajstić information content (AvgIpc) is 2.71. The normalized spacial score (nSPS) is 10.7. The molecule has 0 radical (unpaired) electrons. The first kappa shape index (κ1) is 12.6. The monoisotopic (exact) mass is 245 g/mol. The molecule has 0 aliphatic carbocycles. The molecule has 2 rings (SSSR count). The number of benzene rings is 1. The number of hydrogen-bond acceptors (Lipinski definition) is 3. The highest BCUT2D eigenvalue weighted by atomic mass is 16.5. The molecule has 1 heterocycles. The Balaban J connectivity index is 2.48. The Kier molecular flexibility index (Phi) is 3.67. The van der Waals surface area contributed by atoms with Gasteiger partial charge in [0.05, 0.1) is 12.8 Å². The molecule has 0 saturated heterocycles. The number of hydrogen-bond donors (Lipinski definition) is 2. The summed E-state index contributed by atoms with van der Waals surface area (Å²) in [5.74, 6) is 0.912. The maximum atomic E-state index is 5.29. The fourth-order valence-corrected chi connectivity index (χ4v) is 2.19.